The summed E-state index contributed by atoms with van der Waals surface area (Å²) in [6.45, 7) is 0. The Morgan fingerprint density at radius 1 is 1.07 bits per heavy atom. The molecule has 152 valence electrons. The number of nitrogens with zero attached hydrogens (tertiary/aromatic N) is 5. The van der Waals surface area contributed by atoms with E-state index < -0.39 is 5.91 Å². The molecule has 0 aromatic carbocycles. The Balaban J connectivity index is 1.71. The monoisotopic (exact) mass is 494 g/mol. The molecule has 1 N–H and O–H groups in total. The van der Waals surface area contributed by atoms with Crippen LogP contribution in [0.2, 0.25) is 5.02 Å². The number of pyridine rings is 3. The van der Waals surface area contributed by atoms with E-state index in [0.717, 1.165) is 0 Å². The van der Waals surface area contributed by atoms with Gasteiger partial charge in [0.1, 0.15) is 28.7 Å². The molecule has 30 heavy (non-hydrogen) atoms. The molecule has 0 spiro atoms. The van der Waals surface area contributed by atoms with Gasteiger partial charge in [-0.3, -0.25) is 9.78 Å². The van der Waals surface area contributed by atoms with E-state index in [4.69, 9.17) is 16.3 Å². The van der Waals surface area contributed by atoms with Gasteiger partial charge in [-0.25, -0.2) is 14.5 Å². The van der Waals surface area contributed by atoms with Gasteiger partial charge >= 0.3 is 0 Å². The topological polar surface area (TPSA) is 94.3 Å². The normalized spacial score (nSPS) is 11.0. The van der Waals surface area contributed by atoms with Crippen LogP contribution in [0.25, 0.3) is 5.65 Å². The number of nitrogens with one attached hydrogen (secondary N) is 1. The van der Waals surface area contributed by atoms with Gasteiger partial charge in [0.25, 0.3) is 5.91 Å². The van der Waals surface area contributed by atoms with E-state index >= 15 is 0 Å². The van der Waals surface area contributed by atoms with Gasteiger partial charge in [-0.05, 0) is 6.07 Å². The van der Waals surface area contributed by atoms with Gasteiger partial charge in [-0.2, -0.15) is 5.10 Å². The second-order valence-corrected chi connectivity index (χ2v) is 8.04. The van der Waals surface area contributed by atoms with Crippen molar-refractivity contribution in [2.75, 3.05) is 5.32 Å². The van der Waals surface area contributed by atoms with Crippen LogP contribution >= 0.6 is 62.1 Å². The van der Waals surface area contributed by atoms with Gasteiger partial charge in [0.2, 0.25) is 0 Å². The first-order chi connectivity index (χ1) is 14.3. The predicted octanol–water partition coefficient (Wildman–Crippen LogP) is 4.37. The lowest BCUT2D eigenvalue weighted by Crippen LogP contribution is -2.16. The molecule has 0 saturated carbocycles. The molecule has 0 bridgehead atoms. The van der Waals surface area contributed by atoms with Crippen molar-refractivity contribution < 1.29 is 9.53 Å². The van der Waals surface area contributed by atoms with Crippen molar-refractivity contribution >= 4 is 79.5 Å². The van der Waals surface area contributed by atoms with Gasteiger partial charge < -0.3 is 10.1 Å². The van der Waals surface area contributed by atoms with E-state index in [9.17, 15) is 4.79 Å². The standard InChI is InChI=1S/C17H11ClN6O2S4/c18-7-1-8(4-19-3-7)26-9-2-10(15-20-6-21-24(15)5-9)16(25)22-14-12(28)11(27)13(29)17(30)23-14/h1-6,28-29H,(H3,22,23,25,27,30). The molecule has 0 aliphatic heterocycles. The van der Waals surface area contributed by atoms with Gasteiger partial charge in [0, 0.05) is 17.2 Å². The predicted molar refractivity (Wildman–Crippen MR) is 124 cm³/mol. The zero-order valence-corrected chi connectivity index (χ0v) is 19.0. The highest BCUT2D eigenvalue weighted by Crippen LogP contribution is 2.34. The summed E-state index contributed by atoms with van der Waals surface area (Å²) in [6, 6.07) is 3.12. The van der Waals surface area contributed by atoms with Crippen LogP contribution in [-0.2, 0) is 0 Å². The fourth-order valence-electron chi connectivity index (χ4n) is 2.51. The van der Waals surface area contributed by atoms with Crippen LogP contribution in [0.4, 0.5) is 5.82 Å². The first-order valence-corrected chi connectivity index (χ1v) is 10.3. The maximum Gasteiger partial charge on any atom is 0.260 e. The number of ether oxygens (including phenoxy) is 1. The van der Waals surface area contributed by atoms with Crippen molar-refractivity contribution in [3.63, 3.8) is 0 Å². The summed E-state index contributed by atoms with van der Waals surface area (Å²) in [7, 11) is 0. The minimum Gasteiger partial charge on any atom is -0.454 e. The van der Waals surface area contributed by atoms with Crippen molar-refractivity contribution in [2.45, 2.75) is 19.7 Å². The number of carbonyl (C=O) groups is 1. The summed E-state index contributed by atoms with van der Waals surface area (Å²) in [5.74, 6) is 0.408. The largest absolute Gasteiger partial charge is 0.454 e. The lowest BCUT2D eigenvalue weighted by atomic mass is 10.2. The molecule has 8 nitrogen and oxygen atoms in total. The minimum absolute atomic E-state index is 0.180. The maximum absolute atomic E-state index is 13.0. The van der Waals surface area contributed by atoms with Gasteiger partial charge in [-0.1, -0.05) is 11.6 Å². The van der Waals surface area contributed by atoms with Crippen LogP contribution in [0.15, 0.2) is 56.8 Å². The number of thiol groups is 4. The lowest BCUT2D eigenvalue weighted by Gasteiger charge is -2.13. The number of amides is 1. The average Bonchev–Trinajstić information content (AvgIpc) is 3.18. The highest BCUT2D eigenvalue weighted by Gasteiger charge is 2.19. The molecule has 13 heteroatoms. The van der Waals surface area contributed by atoms with E-state index in [-0.39, 0.29) is 11.4 Å². The molecule has 0 saturated heterocycles. The van der Waals surface area contributed by atoms with Crippen LogP contribution in [0.1, 0.15) is 10.4 Å². The number of aromatic nitrogens is 5. The molecule has 4 aromatic heterocycles. The average molecular weight is 495 g/mol. The van der Waals surface area contributed by atoms with E-state index in [0.29, 0.717) is 41.9 Å². The number of carbonyl (C=O) groups excluding carboxylic acids is 1. The summed E-state index contributed by atoms with van der Waals surface area (Å²) < 4.78 is 7.19. The highest BCUT2D eigenvalue weighted by atomic mass is 35.5. The second-order valence-electron chi connectivity index (χ2n) is 5.84. The van der Waals surface area contributed by atoms with Crippen molar-refractivity contribution in [1.82, 2.24) is 24.6 Å². The van der Waals surface area contributed by atoms with Crippen molar-refractivity contribution in [2.24, 2.45) is 0 Å². The summed E-state index contributed by atoms with van der Waals surface area (Å²) in [5.41, 5.74) is 0.527. The third-order valence-electron chi connectivity index (χ3n) is 3.84. The summed E-state index contributed by atoms with van der Waals surface area (Å²) in [4.78, 5) is 26.6. The Bertz CT molecular complexity index is 1300. The number of hydrogen-bond acceptors (Lipinski definition) is 10. The molecule has 0 radical (unpaired) electrons. The molecule has 0 aliphatic rings. The summed E-state index contributed by atoms with van der Waals surface area (Å²) >= 11 is 23.1. The van der Waals surface area contributed by atoms with Crippen LogP contribution in [0, 0.1) is 0 Å². The van der Waals surface area contributed by atoms with Gasteiger partial charge in [0.05, 0.1) is 32.8 Å². The van der Waals surface area contributed by atoms with Crippen molar-refractivity contribution in [3.05, 3.63) is 47.6 Å². The smallest absolute Gasteiger partial charge is 0.260 e. The van der Waals surface area contributed by atoms with Crippen molar-refractivity contribution in [1.29, 1.82) is 0 Å². The number of fused-ring (bicyclic) bond motifs is 1. The highest BCUT2D eigenvalue weighted by molar-refractivity contribution is 7.86. The Morgan fingerprint density at radius 3 is 2.63 bits per heavy atom. The Kier molecular flexibility index (Phi) is 6.02. The SMILES string of the molecule is O=C(Nc1nc(S)c(S)c(S)c1S)c1cc(Oc2cncc(Cl)c2)cn2ncnc12. The molecule has 4 rings (SSSR count). The summed E-state index contributed by atoms with van der Waals surface area (Å²) in [5, 5.41) is 7.49. The third kappa shape index (κ3) is 4.18. The molecular weight excluding hydrogens is 484 g/mol. The Hall–Kier alpha value is -2.12. The molecule has 0 unspecified atom stereocenters. The Labute approximate surface area is 197 Å². The van der Waals surface area contributed by atoms with E-state index in [1.807, 2.05) is 0 Å². The van der Waals surface area contributed by atoms with Gasteiger partial charge in [0.15, 0.2) is 5.65 Å². The maximum atomic E-state index is 13.0. The van der Waals surface area contributed by atoms with Crippen LogP contribution < -0.4 is 10.1 Å². The molecule has 4 aromatic rings. The number of hydrogen-bond donors (Lipinski definition) is 5. The van der Waals surface area contributed by atoms with Crippen LogP contribution in [0.3, 0.4) is 0 Å². The molecule has 1 amide bonds. The molecule has 0 aliphatic carbocycles. The van der Waals surface area contributed by atoms with Crippen LogP contribution in [-0.4, -0.2) is 30.5 Å². The molecule has 0 fully saturated rings. The fraction of sp³-hybridized carbons (Fsp3) is 0. The third-order valence-corrected chi connectivity index (χ3v) is 6.22. The van der Waals surface area contributed by atoms with Gasteiger partial charge in [-0.15, -0.1) is 50.5 Å². The molecular formula is C17H11ClN6O2S4. The van der Waals surface area contributed by atoms with E-state index in [1.54, 1.807) is 12.3 Å². The quantitative estimate of drug-likeness (QED) is 0.270. The van der Waals surface area contributed by atoms with Crippen molar-refractivity contribution in [3.8, 4) is 11.5 Å². The lowest BCUT2D eigenvalue weighted by molar-refractivity contribution is 0.102. The second kappa shape index (κ2) is 8.55. The number of halogens is 1. The molecule has 4 heterocycles. The zero-order valence-electron chi connectivity index (χ0n) is 14.7. The Morgan fingerprint density at radius 2 is 1.87 bits per heavy atom. The van der Waals surface area contributed by atoms with E-state index in [1.165, 1.54) is 29.3 Å². The minimum atomic E-state index is -0.502. The first-order valence-electron chi connectivity index (χ1n) is 8.10. The number of rotatable bonds is 4. The summed E-state index contributed by atoms with van der Waals surface area (Å²) in [6.07, 6.45) is 5.88. The number of anilines is 1. The fourth-order valence-corrected chi connectivity index (χ4v) is 3.66. The first kappa shape index (κ1) is 21.1. The van der Waals surface area contributed by atoms with E-state index in [2.05, 4.69) is 75.9 Å². The zero-order chi connectivity index (χ0) is 21.4. The van der Waals surface area contributed by atoms with Crippen LogP contribution in [0.5, 0.6) is 11.5 Å². The molecule has 0 atom stereocenters.